The van der Waals surface area contributed by atoms with Crippen molar-refractivity contribution in [2.24, 2.45) is 5.73 Å². The quantitative estimate of drug-likeness (QED) is 0.680. The van der Waals surface area contributed by atoms with E-state index in [0.717, 1.165) is 13.0 Å². The normalized spacial score (nSPS) is 12.5. The molecule has 0 spiro atoms. The molecular weight excluding hydrogens is 240 g/mol. The molecule has 4 N–H and O–H groups in total. The molecule has 0 heterocycles. The molecule has 1 unspecified atom stereocenters. The van der Waals surface area contributed by atoms with Crippen molar-refractivity contribution in [3.05, 3.63) is 33.9 Å². The topological polar surface area (TPSA) is 75.3 Å². The van der Waals surface area contributed by atoms with Crippen LogP contribution < -0.4 is 11.1 Å². The first-order valence-electron chi connectivity index (χ1n) is 6.60. The van der Waals surface area contributed by atoms with Crippen LogP contribution in [0.2, 0.25) is 0 Å². The molecule has 0 aliphatic heterocycles. The van der Waals surface area contributed by atoms with Crippen molar-refractivity contribution in [1.29, 1.82) is 0 Å². The lowest BCUT2D eigenvalue weighted by Crippen LogP contribution is -2.40. The summed E-state index contributed by atoms with van der Waals surface area (Å²) in [7, 11) is 0. The molecule has 1 aromatic carbocycles. The van der Waals surface area contributed by atoms with Gasteiger partial charge in [0.2, 0.25) is 0 Å². The van der Waals surface area contributed by atoms with E-state index in [1.807, 2.05) is 0 Å². The van der Waals surface area contributed by atoms with E-state index in [4.69, 9.17) is 10.8 Å². The molecule has 0 amide bonds. The van der Waals surface area contributed by atoms with Crippen LogP contribution in [0.3, 0.4) is 0 Å². The number of aryl methyl sites for hydroxylation is 2. The van der Waals surface area contributed by atoms with Crippen LogP contribution >= 0.6 is 0 Å². The minimum atomic E-state index is -0.966. The molecular formula is C15H24N2O2. The van der Waals surface area contributed by atoms with Gasteiger partial charge < -0.3 is 16.2 Å². The van der Waals surface area contributed by atoms with E-state index < -0.39 is 12.0 Å². The van der Waals surface area contributed by atoms with E-state index in [9.17, 15) is 4.79 Å². The molecule has 1 atom stereocenters. The first-order valence-corrected chi connectivity index (χ1v) is 6.60. The predicted molar refractivity (Wildman–Crippen MR) is 77.6 cm³/mol. The molecule has 19 heavy (non-hydrogen) atoms. The standard InChI is InChI=1S/C15H24N2O2/c1-9-7-10(2)12(4)13(11(9)3)5-6-17-8-14(16)15(18)19/h7,14,17H,5-6,8,16H2,1-4H3,(H,18,19). The maximum atomic E-state index is 10.6. The summed E-state index contributed by atoms with van der Waals surface area (Å²) < 4.78 is 0. The van der Waals surface area contributed by atoms with E-state index in [0.29, 0.717) is 6.54 Å². The molecule has 0 aliphatic carbocycles. The first-order chi connectivity index (χ1) is 8.84. The zero-order valence-electron chi connectivity index (χ0n) is 12.2. The van der Waals surface area contributed by atoms with Crippen molar-refractivity contribution < 1.29 is 9.90 Å². The number of carboxylic acid groups (broad SMARTS) is 1. The Morgan fingerprint density at radius 1 is 1.26 bits per heavy atom. The van der Waals surface area contributed by atoms with Gasteiger partial charge in [-0.1, -0.05) is 6.07 Å². The molecule has 1 rings (SSSR count). The summed E-state index contributed by atoms with van der Waals surface area (Å²) in [5.74, 6) is -0.966. The Balaban J connectivity index is 2.61. The van der Waals surface area contributed by atoms with Gasteiger partial charge in [0.15, 0.2) is 0 Å². The lowest BCUT2D eigenvalue weighted by atomic mass is 9.92. The maximum Gasteiger partial charge on any atom is 0.321 e. The van der Waals surface area contributed by atoms with Crippen molar-refractivity contribution in [2.45, 2.75) is 40.2 Å². The number of carboxylic acids is 1. The Labute approximate surface area is 115 Å². The Kier molecular flexibility index (Phi) is 5.51. The number of aliphatic carboxylic acids is 1. The summed E-state index contributed by atoms with van der Waals surface area (Å²) in [5.41, 5.74) is 12.1. The van der Waals surface area contributed by atoms with Gasteiger partial charge in [-0.15, -0.1) is 0 Å². The van der Waals surface area contributed by atoms with Gasteiger partial charge in [-0.3, -0.25) is 4.79 Å². The molecule has 0 aliphatic rings. The highest BCUT2D eigenvalue weighted by Gasteiger charge is 2.11. The largest absolute Gasteiger partial charge is 0.480 e. The predicted octanol–water partition coefficient (Wildman–Crippen LogP) is 1.46. The van der Waals surface area contributed by atoms with Gasteiger partial charge in [0.05, 0.1) is 0 Å². The maximum absolute atomic E-state index is 10.6. The zero-order chi connectivity index (χ0) is 14.6. The molecule has 0 radical (unpaired) electrons. The molecule has 0 bridgehead atoms. The highest BCUT2D eigenvalue weighted by molar-refractivity contribution is 5.73. The summed E-state index contributed by atoms with van der Waals surface area (Å²) in [6.07, 6.45) is 0.895. The zero-order valence-corrected chi connectivity index (χ0v) is 12.2. The van der Waals surface area contributed by atoms with Crippen LogP contribution in [-0.2, 0) is 11.2 Å². The lowest BCUT2D eigenvalue weighted by molar-refractivity contribution is -0.138. The van der Waals surface area contributed by atoms with Crippen LogP contribution in [0.25, 0.3) is 0 Å². The van der Waals surface area contributed by atoms with E-state index >= 15 is 0 Å². The number of hydrogen-bond donors (Lipinski definition) is 3. The minimum Gasteiger partial charge on any atom is -0.480 e. The number of nitrogens with one attached hydrogen (secondary N) is 1. The monoisotopic (exact) mass is 264 g/mol. The fourth-order valence-corrected chi connectivity index (χ4v) is 2.23. The number of hydrogen-bond acceptors (Lipinski definition) is 3. The van der Waals surface area contributed by atoms with E-state index in [1.165, 1.54) is 27.8 Å². The fourth-order valence-electron chi connectivity index (χ4n) is 2.23. The second-order valence-corrected chi connectivity index (χ2v) is 5.14. The fraction of sp³-hybridized carbons (Fsp3) is 0.533. The van der Waals surface area contributed by atoms with Gasteiger partial charge in [-0.05, 0) is 68.5 Å². The van der Waals surface area contributed by atoms with Crippen molar-refractivity contribution in [3.63, 3.8) is 0 Å². The minimum absolute atomic E-state index is 0.304. The molecule has 0 fully saturated rings. The summed E-state index contributed by atoms with van der Waals surface area (Å²) in [4.78, 5) is 10.6. The Hall–Kier alpha value is -1.39. The third-order valence-electron chi connectivity index (χ3n) is 3.75. The number of carbonyl (C=O) groups is 1. The summed E-state index contributed by atoms with van der Waals surface area (Å²) in [5, 5.41) is 11.8. The molecule has 0 aromatic heterocycles. The first kappa shape index (κ1) is 15.7. The third kappa shape index (κ3) is 4.04. The SMILES string of the molecule is Cc1cc(C)c(C)c(CCNCC(N)C(=O)O)c1C. The number of nitrogens with two attached hydrogens (primary N) is 1. The van der Waals surface area contributed by atoms with Crippen LogP contribution in [0.1, 0.15) is 27.8 Å². The highest BCUT2D eigenvalue weighted by atomic mass is 16.4. The summed E-state index contributed by atoms with van der Waals surface area (Å²) >= 11 is 0. The van der Waals surface area contributed by atoms with Crippen LogP contribution in [0.4, 0.5) is 0 Å². The average Bonchev–Trinajstić information content (AvgIpc) is 2.35. The van der Waals surface area contributed by atoms with Crippen LogP contribution in [0.5, 0.6) is 0 Å². The van der Waals surface area contributed by atoms with Crippen LogP contribution in [0.15, 0.2) is 6.07 Å². The van der Waals surface area contributed by atoms with Crippen molar-refractivity contribution in [3.8, 4) is 0 Å². The molecule has 4 nitrogen and oxygen atoms in total. The van der Waals surface area contributed by atoms with E-state index in [-0.39, 0.29) is 0 Å². The molecule has 4 heteroatoms. The Morgan fingerprint density at radius 3 is 2.26 bits per heavy atom. The number of benzene rings is 1. The van der Waals surface area contributed by atoms with Gasteiger partial charge in [0, 0.05) is 6.54 Å². The molecule has 0 saturated carbocycles. The highest BCUT2D eigenvalue weighted by Crippen LogP contribution is 2.21. The summed E-state index contributed by atoms with van der Waals surface area (Å²) in [6.45, 7) is 9.57. The second kappa shape index (κ2) is 6.68. The summed E-state index contributed by atoms with van der Waals surface area (Å²) in [6, 6.07) is 1.38. The van der Waals surface area contributed by atoms with Crippen molar-refractivity contribution in [1.82, 2.24) is 5.32 Å². The van der Waals surface area contributed by atoms with Crippen LogP contribution in [0, 0.1) is 27.7 Å². The average molecular weight is 264 g/mol. The van der Waals surface area contributed by atoms with Gasteiger partial charge >= 0.3 is 5.97 Å². The second-order valence-electron chi connectivity index (χ2n) is 5.14. The van der Waals surface area contributed by atoms with E-state index in [1.54, 1.807) is 0 Å². The van der Waals surface area contributed by atoms with Crippen molar-refractivity contribution >= 4 is 5.97 Å². The molecule has 106 valence electrons. The third-order valence-corrected chi connectivity index (χ3v) is 3.75. The lowest BCUT2D eigenvalue weighted by Gasteiger charge is -2.16. The number of rotatable bonds is 6. The van der Waals surface area contributed by atoms with Crippen LogP contribution in [-0.4, -0.2) is 30.2 Å². The van der Waals surface area contributed by atoms with Gasteiger partial charge in [-0.25, -0.2) is 0 Å². The Bertz CT molecular complexity index is 443. The van der Waals surface area contributed by atoms with Gasteiger partial charge in [0.1, 0.15) is 6.04 Å². The van der Waals surface area contributed by atoms with Crippen molar-refractivity contribution in [2.75, 3.05) is 13.1 Å². The smallest absolute Gasteiger partial charge is 0.321 e. The molecule has 0 saturated heterocycles. The van der Waals surface area contributed by atoms with E-state index in [2.05, 4.69) is 39.1 Å². The van der Waals surface area contributed by atoms with Gasteiger partial charge in [-0.2, -0.15) is 0 Å². The molecule has 1 aromatic rings. The Morgan fingerprint density at radius 2 is 1.79 bits per heavy atom. The van der Waals surface area contributed by atoms with Gasteiger partial charge in [0.25, 0.3) is 0 Å².